The number of nitrogens with one attached hydrogen (secondary N) is 1. The average Bonchev–Trinajstić information content (AvgIpc) is 3.43. The summed E-state index contributed by atoms with van der Waals surface area (Å²) in [6, 6.07) is 0.550. The van der Waals surface area contributed by atoms with Crippen LogP contribution in [0.2, 0.25) is 0 Å². The highest BCUT2D eigenvalue weighted by Gasteiger charge is 2.65. The third kappa shape index (κ3) is 4.37. The van der Waals surface area contributed by atoms with Gasteiger partial charge in [0.15, 0.2) is 5.96 Å². The van der Waals surface area contributed by atoms with Crippen LogP contribution in [0.25, 0.3) is 0 Å². The highest BCUT2D eigenvalue weighted by Crippen LogP contribution is 2.60. The lowest BCUT2D eigenvalue weighted by atomic mass is 9.54. The fourth-order valence-corrected chi connectivity index (χ4v) is 6.76. The van der Waals surface area contributed by atoms with Gasteiger partial charge in [-0.15, -0.1) is 24.0 Å². The standard InChI is InChI=1S/C23H39N3O3.HI/c1-24-22(25-20-19-9-15-28-21(19)23(20)10-3-4-11-23)26-12-7-17(8-13-26)29-16-18-6-2-5-14-27-18;/h17-21H,2-16H2,1H3,(H,24,25);1H. The van der Waals surface area contributed by atoms with Crippen LogP contribution in [-0.4, -0.2) is 75.2 Å². The van der Waals surface area contributed by atoms with E-state index in [4.69, 9.17) is 14.2 Å². The SMILES string of the molecule is CN=C(NC1C2CCOC2C12CCCC2)N1CCC(OCC2CCCCO2)CC1.I. The van der Waals surface area contributed by atoms with Gasteiger partial charge in [0, 0.05) is 50.7 Å². The van der Waals surface area contributed by atoms with Gasteiger partial charge in [-0.05, 0) is 51.4 Å². The number of hydrogen-bond acceptors (Lipinski definition) is 4. The number of fused-ring (bicyclic) bond motifs is 2. The molecule has 1 spiro atoms. The van der Waals surface area contributed by atoms with E-state index < -0.39 is 0 Å². The molecule has 0 aromatic heterocycles. The maximum absolute atomic E-state index is 6.20. The first-order valence-electron chi connectivity index (χ1n) is 12.1. The highest BCUT2D eigenvalue weighted by molar-refractivity contribution is 14.0. The number of hydrogen-bond donors (Lipinski definition) is 1. The monoisotopic (exact) mass is 533 g/mol. The lowest BCUT2D eigenvalue weighted by Crippen LogP contribution is -2.69. The molecule has 5 rings (SSSR count). The average molecular weight is 533 g/mol. The quantitative estimate of drug-likeness (QED) is 0.340. The summed E-state index contributed by atoms with van der Waals surface area (Å²) >= 11 is 0. The largest absolute Gasteiger partial charge is 0.377 e. The van der Waals surface area contributed by atoms with Gasteiger partial charge in [0.05, 0.1) is 24.9 Å². The van der Waals surface area contributed by atoms with E-state index in [1.54, 1.807) is 0 Å². The van der Waals surface area contributed by atoms with Gasteiger partial charge >= 0.3 is 0 Å². The van der Waals surface area contributed by atoms with Crippen molar-refractivity contribution in [1.29, 1.82) is 0 Å². The number of ether oxygens (including phenoxy) is 3. The van der Waals surface area contributed by atoms with E-state index in [0.29, 0.717) is 35.7 Å². The fourth-order valence-electron chi connectivity index (χ4n) is 6.76. The van der Waals surface area contributed by atoms with Gasteiger partial charge in [0.2, 0.25) is 0 Å². The van der Waals surface area contributed by atoms with E-state index in [9.17, 15) is 0 Å². The Hall–Kier alpha value is -0.120. The number of halogens is 1. The predicted molar refractivity (Wildman–Crippen MR) is 129 cm³/mol. The topological polar surface area (TPSA) is 55.3 Å². The number of piperidine rings is 1. The number of guanidine groups is 1. The van der Waals surface area contributed by atoms with Crippen molar-refractivity contribution in [2.75, 3.05) is 40.0 Å². The Morgan fingerprint density at radius 2 is 1.83 bits per heavy atom. The molecule has 3 aliphatic heterocycles. The van der Waals surface area contributed by atoms with Crippen LogP contribution in [-0.2, 0) is 14.2 Å². The molecule has 6 nitrogen and oxygen atoms in total. The molecule has 0 amide bonds. The number of aliphatic imine (C=N–C) groups is 1. The Kier molecular flexibility index (Phi) is 7.85. The molecule has 0 bridgehead atoms. The summed E-state index contributed by atoms with van der Waals surface area (Å²) in [5.41, 5.74) is 0.374. The molecule has 0 aromatic rings. The van der Waals surface area contributed by atoms with E-state index in [2.05, 4.69) is 15.2 Å². The van der Waals surface area contributed by atoms with E-state index in [0.717, 1.165) is 58.1 Å². The minimum Gasteiger partial charge on any atom is -0.377 e. The summed E-state index contributed by atoms with van der Waals surface area (Å²) in [6.07, 6.45) is 13.6. The zero-order valence-electron chi connectivity index (χ0n) is 18.5. The maximum atomic E-state index is 6.20. The van der Waals surface area contributed by atoms with Crippen LogP contribution in [0.15, 0.2) is 4.99 Å². The molecule has 0 aromatic carbocycles. The molecule has 0 radical (unpaired) electrons. The molecule has 2 saturated carbocycles. The third-order valence-corrected chi connectivity index (χ3v) is 8.32. The Balaban J connectivity index is 0.00000218. The lowest BCUT2D eigenvalue weighted by Gasteiger charge is -2.57. The van der Waals surface area contributed by atoms with Crippen molar-refractivity contribution in [3.05, 3.63) is 0 Å². The zero-order valence-corrected chi connectivity index (χ0v) is 20.9. The van der Waals surface area contributed by atoms with E-state index >= 15 is 0 Å². The first kappa shape index (κ1) is 23.1. The summed E-state index contributed by atoms with van der Waals surface area (Å²) in [4.78, 5) is 7.12. The summed E-state index contributed by atoms with van der Waals surface area (Å²) < 4.78 is 18.2. The van der Waals surface area contributed by atoms with Crippen LogP contribution in [0.1, 0.15) is 64.2 Å². The second-order valence-corrected chi connectivity index (χ2v) is 9.86. The van der Waals surface area contributed by atoms with Gasteiger partial charge in [0.25, 0.3) is 0 Å². The highest BCUT2D eigenvalue weighted by atomic mass is 127. The molecule has 5 aliphatic rings. The van der Waals surface area contributed by atoms with Crippen molar-refractivity contribution < 1.29 is 14.2 Å². The lowest BCUT2D eigenvalue weighted by molar-refractivity contribution is -0.125. The normalized spacial score (nSPS) is 36.3. The molecule has 1 N–H and O–H groups in total. The third-order valence-electron chi connectivity index (χ3n) is 8.32. The Bertz CT molecular complexity index is 584. The number of rotatable bonds is 4. The molecular formula is C23H40IN3O3. The van der Waals surface area contributed by atoms with Gasteiger partial charge in [-0.2, -0.15) is 0 Å². The first-order valence-corrected chi connectivity index (χ1v) is 12.1. The van der Waals surface area contributed by atoms with Gasteiger partial charge in [-0.1, -0.05) is 12.8 Å². The number of likely N-dealkylation sites (tertiary alicyclic amines) is 1. The molecular weight excluding hydrogens is 493 g/mol. The van der Waals surface area contributed by atoms with Crippen LogP contribution in [0.5, 0.6) is 0 Å². The fraction of sp³-hybridized carbons (Fsp3) is 0.957. The van der Waals surface area contributed by atoms with Crippen molar-refractivity contribution in [3.63, 3.8) is 0 Å². The van der Waals surface area contributed by atoms with Crippen molar-refractivity contribution in [1.82, 2.24) is 10.2 Å². The molecule has 3 heterocycles. The van der Waals surface area contributed by atoms with Crippen LogP contribution >= 0.6 is 24.0 Å². The summed E-state index contributed by atoms with van der Waals surface area (Å²) in [5.74, 6) is 1.78. The maximum Gasteiger partial charge on any atom is 0.193 e. The molecule has 4 unspecified atom stereocenters. The summed E-state index contributed by atoms with van der Waals surface area (Å²) in [7, 11) is 1.94. The van der Waals surface area contributed by atoms with Crippen molar-refractivity contribution in [3.8, 4) is 0 Å². The Morgan fingerprint density at radius 3 is 2.53 bits per heavy atom. The van der Waals surface area contributed by atoms with Gasteiger partial charge in [0.1, 0.15) is 0 Å². The molecule has 172 valence electrons. The van der Waals surface area contributed by atoms with E-state index in [1.165, 1.54) is 44.9 Å². The van der Waals surface area contributed by atoms with Crippen molar-refractivity contribution in [2.45, 2.75) is 88.6 Å². The molecule has 30 heavy (non-hydrogen) atoms. The zero-order chi connectivity index (χ0) is 19.7. The first-order chi connectivity index (χ1) is 14.3. The van der Waals surface area contributed by atoms with E-state index in [1.807, 2.05) is 7.05 Å². The van der Waals surface area contributed by atoms with Crippen LogP contribution in [0.4, 0.5) is 0 Å². The van der Waals surface area contributed by atoms with Gasteiger partial charge < -0.3 is 24.4 Å². The molecule has 5 fully saturated rings. The smallest absolute Gasteiger partial charge is 0.193 e. The summed E-state index contributed by atoms with van der Waals surface area (Å²) in [6.45, 7) is 4.68. The number of nitrogens with zero attached hydrogens (tertiary/aromatic N) is 2. The molecule has 3 saturated heterocycles. The summed E-state index contributed by atoms with van der Waals surface area (Å²) in [5, 5.41) is 3.91. The Labute approximate surface area is 198 Å². The molecule has 7 heteroatoms. The van der Waals surface area contributed by atoms with E-state index in [-0.39, 0.29) is 24.0 Å². The second-order valence-electron chi connectivity index (χ2n) is 9.86. The van der Waals surface area contributed by atoms with Gasteiger partial charge in [-0.3, -0.25) is 4.99 Å². The minimum atomic E-state index is 0. The van der Waals surface area contributed by atoms with Crippen LogP contribution < -0.4 is 5.32 Å². The minimum absolute atomic E-state index is 0. The van der Waals surface area contributed by atoms with Crippen molar-refractivity contribution >= 4 is 29.9 Å². The van der Waals surface area contributed by atoms with Gasteiger partial charge in [-0.25, -0.2) is 0 Å². The van der Waals surface area contributed by atoms with Crippen LogP contribution in [0.3, 0.4) is 0 Å². The molecule has 4 atom stereocenters. The second kappa shape index (κ2) is 10.2. The molecule has 2 aliphatic carbocycles. The predicted octanol–water partition coefficient (Wildman–Crippen LogP) is 3.58. The van der Waals surface area contributed by atoms with Crippen molar-refractivity contribution in [2.24, 2.45) is 16.3 Å². The Morgan fingerprint density at radius 1 is 1.03 bits per heavy atom. The van der Waals surface area contributed by atoms with Crippen LogP contribution in [0, 0.1) is 11.3 Å².